The van der Waals surface area contributed by atoms with Crippen LogP contribution in [0.4, 0.5) is 14.9 Å². The Bertz CT molecular complexity index is 522. The second kappa shape index (κ2) is 5.79. The molecule has 6 heteroatoms. The van der Waals surface area contributed by atoms with E-state index in [0.717, 1.165) is 0 Å². The van der Waals surface area contributed by atoms with E-state index in [9.17, 15) is 9.18 Å². The predicted octanol–water partition coefficient (Wildman–Crippen LogP) is 2.87. The fourth-order valence-corrected chi connectivity index (χ4v) is 2.01. The third kappa shape index (κ3) is 4.00. The second-order valence-corrected chi connectivity index (χ2v) is 6.07. The summed E-state index contributed by atoms with van der Waals surface area (Å²) in [5, 5.41) is 3.06. The zero-order chi connectivity index (χ0) is 15.6. The summed E-state index contributed by atoms with van der Waals surface area (Å²) in [6.45, 7) is 6.46. The Balaban J connectivity index is 1.87. The highest BCUT2D eigenvalue weighted by molar-refractivity contribution is 5.69. The van der Waals surface area contributed by atoms with Crippen molar-refractivity contribution in [3.05, 3.63) is 24.0 Å². The summed E-state index contributed by atoms with van der Waals surface area (Å²) in [6.07, 6.45) is -0.341. The number of anilines is 1. The molecule has 1 saturated heterocycles. The average Bonchev–Trinajstić information content (AvgIpc) is 2.32. The van der Waals surface area contributed by atoms with Gasteiger partial charge in [0.2, 0.25) is 0 Å². The van der Waals surface area contributed by atoms with Gasteiger partial charge in [-0.2, -0.15) is 0 Å². The number of hydrogen-bond acceptors (Lipinski definition) is 4. The van der Waals surface area contributed by atoms with Crippen molar-refractivity contribution in [2.75, 3.05) is 25.5 Å². The predicted molar refractivity (Wildman–Crippen MR) is 78.2 cm³/mol. The summed E-state index contributed by atoms with van der Waals surface area (Å²) < 4.78 is 24.0. The molecular formula is C15H21FN2O3. The molecule has 0 aromatic heterocycles. The van der Waals surface area contributed by atoms with Gasteiger partial charge in [0.05, 0.1) is 18.8 Å². The second-order valence-electron chi connectivity index (χ2n) is 6.07. The Morgan fingerprint density at radius 2 is 2.05 bits per heavy atom. The van der Waals surface area contributed by atoms with E-state index in [1.165, 1.54) is 13.2 Å². The van der Waals surface area contributed by atoms with Crippen LogP contribution in [-0.2, 0) is 4.74 Å². The maximum absolute atomic E-state index is 13.7. The van der Waals surface area contributed by atoms with Gasteiger partial charge in [-0.3, -0.25) is 0 Å². The van der Waals surface area contributed by atoms with Crippen LogP contribution < -0.4 is 10.1 Å². The van der Waals surface area contributed by atoms with Crippen molar-refractivity contribution in [1.29, 1.82) is 0 Å². The molecular weight excluding hydrogens is 275 g/mol. The summed E-state index contributed by atoms with van der Waals surface area (Å²) in [5.41, 5.74) is -0.128. The molecule has 0 bridgehead atoms. The van der Waals surface area contributed by atoms with E-state index in [1.54, 1.807) is 17.0 Å². The molecule has 21 heavy (non-hydrogen) atoms. The Hall–Kier alpha value is -1.98. The number of methoxy groups -OCH3 is 1. The molecule has 1 amide bonds. The molecule has 0 spiro atoms. The van der Waals surface area contributed by atoms with Crippen LogP contribution in [0.3, 0.4) is 0 Å². The van der Waals surface area contributed by atoms with Crippen LogP contribution in [0.1, 0.15) is 20.8 Å². The molecule has 0 radical (unpaired) electrons. The number of hydrogen-bond donors (Lipinski definition) is 1. The highest BCUT2D eigenvalue weighted by Crippen LogP contribution is 2.24. The smallest absolute Gasteiger partial charge is 0.410 e. The van der Waals surface area contributed by atoms with Crippen molar-refractivity contribution in [3.8, 4) is 5.75 Å². The van der Waals surface area contributed by atoms with Crippen molar-refractivity contribution in [3.63, 3.8) is 0 Å². The minimum atomic E-state index is -0.505. The molecule has 2 rings (SSSR count). The van der Waals surface area contributed by atoms with Gasteiger partial charge in [0.1, 0.15) is 17.2 Å². The first-order valence-corrected chi connectivity index (χ1v) is 6.86. The average molecular weight is 296 g/mol. The maximum atomic E-state index is 13.7. The number of ether oxygens (including phenoxy) is 2. The van der Waals surface area contributed by atoms with E-state index in [0.29, 0.717) is 24.5 Å². The van der Waals surface area contributed by atoms with Crippen molar-refractivity contribution in [2.45, 2.75) is 32.4 Å². The molecule has 0 saturated carbocycles. The lowest BCUT2D eigenvalue weighted by Gasteiger charge is -2.40. The normalized spacial score (nSPS) is 15.4. The lowest BCUT2D eigenvalue weighted by Crippen LogP contribution is -2.58. The van der Waals surface area contributed by atoms with Crippen LogP contribution in [0.15, 0.2) is 18.2 Å². The van der Waals surface area contributed by atoms with E-state index in [1.807, 2.05) is 20.8 Å². The number of amides is 1. The maximum Gasteiger partial charge on any atom is 0.410 e. The monoisotopic (exact) mass is 296 g/mol. The number of rotatable bonds is 3. The van der Waals surface area contributed by atoms with Crippen LogP contribution in [0.2, 0.25) is 0 Å². The van der Waals surface area contributed by atoms with E-state index in [2.05, 4.69) is 5.32 Å². The molecule has 1 aliphatic rings. The first kappa shape index (κ1) is 15.4. The molecule has 0 aliphatic carbocycles. The number of likely N-dealkylation sites (tertiary alicyclic amines) is 1. The van der Waals surface area contributed by atoms with Crippen molar-refractivity contribution >= 4 is 11.8 Å². The molecule has 1 fully saturated rings. The third-order valence-corrected chi connectivity index (χ3v) is 3.07. The summed E-state index contributed by atoms with van der Waals surface area (Å²) >= 11 is 0. The van der Waals surface area contributed by atoms with Crippen LogP contribution >= 0.6 is 0 Å². The lowest BCUT2D eigenvalue weighted by atomic mass is 10.1. The van der Waals surface area contributed by atoms with Gasteiger partial charge in [0, 0.05) is 19.2 Å². The van der Waals surface area contributed by atoms with Gasteiger partial charge in [0.25, 0.3) is 0 Å². The quantitative estimate of drug-likeness (QED) is 0.932. The first-order chi connectivity index (χ1) is 9.78. The zero-order valence-electron chi connectivity index (χ0n) is 12.8. The number of nitrogens with one attached hydrogen (secondary N) is 1. The van der Waals surface area contributed by atoms with Gasteiger partial charge in [0.15, 0.2) is 0 Å². The van der Waals surface area contributed by atoms with Crippen LogP contribution in [0.5, 0.6) is 5.75 Å². The van der Waals surface area contributed by atoms with Crippen LogP contribution in [-0.4, -0.2) is 42.8 Å². The minimum absolute atomic E-state index is 0.0131. The van der Waals surface area contributed by atoms with Crippen LogP contribution in [0.25, 0.3) is 0 Å². The molecule has 1 aliphatic heterocycles. The van der Waals surface area contributed by atoms with E-state index in [-0.39, 0.29) is 18.0 Å². The van der Waals surface area contributed by atoms with Gasteiger partial charge in [-0.05, 0) is 32.9 Å². The molecule has 0 unspecified atom stereocenters. The van der Waals surface area contributed by atoms with Gasteiger partial charge in [-0.15, -0.1) is 0 Å². The van der Waals surface area contributed by atoms with Crippen molar-refractivity contribution in [2.24, 2.45) is 0 Å². The molecule has 116 valence electrons. The van der Waals surface area contributed by atoms with Gasteiger partial charge < -0.3 is 19.7 Å². The summed E-state index contributed by atoms with van der Waals surface area (Å²) in [6, 6.07) is 4.53. The summed E-state index contributed by atoms with van der Waals surface area (Å²) in [7, 11) is 1.53. The van der Waals surface area contributed by atoms with Gasteiger partial charge in [-0.1, -0.05) is 0 Å². The Morgan fingerprint density at radius 1 is 1.38 bits per heavy atom. The lowest BCUT2D eigenvalue weighted by molar-refractivity contribution is 0.0105. The van der Waals surface area contributed by atoms with Crippen LogP contribution in [0, 0.1) is 5.82 Å². The number of carbonyl (C=O) groups excluding carboxylic acids is 1. The number of benzene rings is 1. The Kier molecular flexibility index (Phi) is 4.25. The third-order valence-electron chi connectivity index (χ3n) is 3.07. The van der Waals surface area contributed by atoms with E-state index >= 15 is 0 Å². The molecule has 0 atom stereocenters. The molecule has 1 aromatic rings. The van der Waals surface area contributed by atoms with E-state index in [4.69, 9.17) is 9.47 Å². The van der Waals surface area contributed by atoms with Crippen molar-refractivity contribution < 1.29 is 18.7 Å². The number of carbonyl (C=O) groups is 1. The molecule has 1 aromatic carbocycles. The SMILES string of the molecule is COc1ccc(F)c(NC2CN(C(=O)OC(C)(C)C)C2)c1. The molecule has 1 N–H and O–H groups in total. The van der Waals surface area contributed by atoms with Gasteiger partial charge in [-0.25, -0.2) is 9.18 Å². The fourth-order valence-electron chi connectivity index (χ4n) is 2.01. The standard InChI is InChI=1S/C15H21FN2O3/c1-15(2,3)21-14(19)18-8-10(9-18)17-13-7-11(20-4)5-6-12(13)16/h5-7,10,17H,8-9H2,1-4H3. The van der Waals surface area contributed by atoms with E-state index < -0.39 is 5.60 Å². The Morgan fingerprint density at radius 3 is 2.62 bits per heavy atom. The minimum Gasteiger partial charge on any atom is -0.497 e. The highest BCUT2D eigenvalue weighted by atomic mass is 19.1. The van der Waals surface area contributed by atoms with Crippen molar-refractivity contribution in [1.82, 2.24) is 4.90 Å². The number of nitrogens with zero attached hydrogens (tertiary/aromatic N) is 1. The fraction of sp³-hybridized carbons (Fsp3) is 0.533. The first-order valence-electron chi connectivity index (χ1n) is 6.86. The summed E-state index contributed by atoms with van der Waals surface area (Å²) in [5.74, 6) is 0.244. The largest absolute Gasteiger partial charge is 0.497 e. The molecule has 1 heterocycles. The Labute approximate surface area is 124 Å². The number of halogens is 1. The zero-order valence-corrected chi connectivity index (χ0v) is 12.8. The highest BCUT2D eigenvalue weighted by Gasteiger charge is 2.33. The summed E-state index contributed by atoms with van der Waals surface area (Å²) in [4.78, 5) is 13.4. The van der Waals surface area contributed by atoms with Gasteiger partial charge >= 0.3 is 6.09 Å². The molecule has 5 nitrogen and oxygen atoms in total. The topological polar surface area (TPSA) is 50.8 Å².